The summed E-state index contributed by atoms with van der Waals surface area (Å²) < 4.78 is 0. The number of hydrogen-bond acceptors (Lipinski definition) is 4. The summed E-state index contributed by atoms with van der Waals surface area (Å²) in [4.78, 5) is 9.11. The first-order valence-corrected chi connectivity index (χ1v) is 8.58. The Bertz CT molecular complexity index is 969. The molecule has 0 aliphatic carbocycles. The van der Waals surface area contributed by atoms with E-state index < -0.39 is 5.72 Å². The van der Waals surface area contributed by atoms with Crippen LogP contribution in [0.3, 0.4) is 0 Å². The fourth-order valence-electron chi connectivity index (χ4n) is 2.79. The van der Waals surface area contributed by atoms with Gasteiger partial charge in [0.05, 0.1) is 0 Å². The minimum atomic E-state index is -1.58. The van der Waals surface area contributed by atoms with E-state index in [1.54, 1.807) is 12.1 Å². The third-order valence-electron chi connectivity index (χ3n) is 4.13. The maximum Gasteiger partial charge on any atom is 0.244 e. The number of benzene rings is 3. The Morgan fingerprint density at radius 3 is 2.08 bits per heavy atom. The molecular weight excluding hydrogens is 346 g/mol. The summed E-state index contributed by atoms with van der Waals surface area (Å²) in [5.41, 5.74) is 0.680. The number of nitrogens with zero attached hydrogens (tertiary/aromatic N) is 2. The van der Waals surface area contributed by atoms with Gasteiger partial charge in [-0.2, -0.15) is 0 Å². The van der Waals surface area contributed by atoms with Gasteiger partial charge in [0.1, 0.15) is 0 Å². The molecule has 1 unspecified atom stereocenters. The molecule has 3 aromatic carbocycles. The van der Waals surface area contributed by atoms with Crippen LogP contribution in [0.2, 0.25) is 5.02 Å². The molecule has 0 aromatic heterocycles. The number of halogens is 1. The van der Waals surface area contributed by atoms with E-state index in [4.69, 9.17) is 11.6 Å². The molecule has 5 heteroatoms. The molecule has 0 amide bonds. The van der Waals surface area contributed by atoms with Crippen LogP contribution < -0.4 is 5.32 Å². The summed E-state index contributed by atoms with van der Waals surface area (Å²) >= 11 is 5.97. The Kier molecular flexibility index (Phi) is 4.29. The van der Waals surface area contributed by atoms with Crippen LogP contribution in [0.1, 0.15) is 11.1 Å². The third-order valence-corrected chi connectivity index (χ3v) is 4.38. The second kappa shape index (κ2) is 6.75. The van der Waals surface area contributed by atoms with Gasteiger partial charge in [-0.3, -0.25) is 0 Å². The number of aliphatic imine (C=N–C) groups is 2. The lowest BCUT2D eigenvalue weighted by Crippen LogP contribution is -2.36. The van der Waals surface area contributed by atoms with Crippen molar-refractivity contribution in [3.8, 4) is 0 Å². The molecule has 0 fully saturated rings. The Balaban J connectivity index is 1.78. The molecule has 0 saturated heterocycles. The van der Waals surface area contributed by atoms with E-state index in [-0.39, 0.29) is 0 Å². The van der Waals surface area contributed by atoms with Gasteiger partial charge < -0.3 is 10.4 Å². The van der Waals surface area contributed by atoms with Gasteiger partial charge in [-0.05, 0) is 36.4 Å². The molecule has 0 spiro atoms. The topological polar surface area (TPSA) is 57.0 Å². The summed E-state index contributed by atoms with van der Waals surface area (Å²) in [5.74, 6) is 0.811. The van der Waals surface area contributed by atoms with Crippen LogP contribution >= 0.6 is 11.6 Å². The Morgan fingerprint density at radius 1 is 0.808 bits per heavy atom. The lowest BCUT2D eigenvalue weighted by Gasteiger charge is -2.23. The number of amidine groups is 2. The molecular formula is C21H16ClN3O. The Labute approximate surface area is 156 Å². The van der Waals surface area contributed by atoms with Crippen molar-refractivity contribution in [3.63, 3.8) is 0 Å². The molecule has 0 bridgehead atoms. The standard InChI is InChI=1S/C21H16ClN3O/c22-17-13-11-15(12-14-17)19-24-20(23-18-9-5-2-6-10-18)21(26,25-19)16-7-3-1-4-8-16/h1-14,26H,(H,23,24,25). The molecule has 2 N–H and O–H groups in total. The summed E-state index contributed by atoms with van der Waals surface area (Å²) in [5, 5.41) is 15.2. The van der Waals surface area contributed by atoms with Gasteiger partial charge >= 0.3 is 0 Å². The van der Waals surface area contributed by atoms with Gasteiger partial charge in [-0.1, -0.05) is 60.1 Å². The van der Waals surface area contributed by atoms with Crippen molar-refractivity contribution in [1.29, 1.82) is 0 Å². The van der Waals surface area contributed by atoms with Crippen molar-refractivity contribution in [2.24, 2.45) is 9.98 Å². The molecule has 1 atom stereocenters. The third kappa shape index (κ3) is 3.12. The van der Waals surface area contributed by atoms with Crippen LogP contribution in [-0.2, 0) is 5.72 Å². The van der Waals surface area contributed by atoms with Crippen molar-refractivity contribution in [2.45, 2.75) is 5.72 Å². The van der Waals surface area contributed by atoms with Gasteiger partial charge in [0.15, 0.2) is 11.7 Å². The maximum absolute atomic E-state index is 11.4. The molecule has 1 aliphatic rings. The Morgan fingerprint density at radius 2 is 1.42 bits per heavy atom. The molecule has 0 saturated carbocycles. The number of hydrogen-bond donors (Lipinski definition) is 2. The normalized spacial score (nSPS) is 19.0. The van der Waals surface area contributed by atoms with E-state index in [0.717, 1.165) is 11.3 Å². The second-order valence-corrected chi connectivity index (χ2v) is 6.37. The minimum absolute atomic E-state index is 0.361. The summed E-state index contributed by atoms with van der Waals surface area (Å²) in [6.07, 6.45) is 0. The molecule has 4 rings (SSSR count). The van der Waals surface area contributed by atoms with E-state index in [0.29, 0.717) is 22.3 Å². The highest BCUT2D eigenvalue weighted by Gasteiger charge is 2.40. The number of rotatable bonds is 3. The van der Waals surface area contributed by atoms with Gasteiger partial charge in [0, 0.05) is 21.8 Å². The fourth-order valence-corrected chi connectivity index (χ4v) is 2.91. The predicted octanol–water partition coefficient (Wildman–Crippen LogP) is 4.46. The number of anilines is 1. The summed E-state index contributed by atoms with van der Waals surface area (Å²) in [7, 11) is 0. The molecule has 0 radical (unpaired) electrons. The van der Waals surface area contributed by atoms with Crippen LogP contribution in [0.5, 0.6) is 0 Å². The van der Waals surface area contributed by atoms with Crippen LogP contribution in [0.25, 0.3) is 0 Å². The predicted molar refractivity (Wildman–Crippen MR) is 106 cm³/mol. The SMILES string of the molecule is OC1(c2ccccc2)N=C(c2ccc(Cl)cc2)N=C1Nc1ccccc1. The zero-order valence-electron chi connectivity index (χ0n) is 13.8. The van der Waals surface area contributed by atoms with E-state index >= 15 is 0 Å². The second-order valence-electron chi connectivity index (χ2n) is 5.93. The summed E-state index contributed by atoms with van der Waals surface area (Å²) in [6, 6.07) is 26.1. The van der Waals surface area contributed by atoms with Gasteiger partial charge in [0.2, 0.25) is 5.72 Å². The average Bonchev–Trinajstić information content (AvgIpc) is 3.01. The quantitative estimate of drug-likeness (QED) is 0.723. The highest BCUT2D eigenvalue weighted by Crippen LogP contribution is 2.31. The lowest BCUT2D eigenvalue weighted by molar-refractivity contribution is 0.125. The zero-order chi connectivity index (χ0) is 18.0. The number of nitrogens with one attached hydrogen (secondary N) is 1. The van der Waals surface area contributed by atoms with Gasteiger partial charge in [-0.15, -0.1) is 0 Å². The number of para-hydroxylation sites is 1. The smallest absolute Gasteiger partial charge is 0.244 e. The molecule has 1 heterocycles. The average molecular weight is 362 g/mol. The van der Waals surface area contributed by atoms with Crippen LogP contribution in [0.4, 0.5) is 5.69 Å². The largest absolute Gasteiger partial charge is 0.359 e. The first-order chi connectivity index (χ1) is 12.6. The van der Waals surface area contributed by atoms with Crippen molar-refractivity contribution in [2.75, 3.05) is 5.32 Å². The van der Waals surface area contributed by atoms with Gasteiger partial charge in [-0.25, -0.2) is 9.98 Å². The highest BCUT2D eigenvalue weighted by atomic mass is 35.5. The van der Waals surface area contributed by atoms with Crippen molar-refractivity contribution >= 4 is 29.0 Å². The van der Waals surface area contributed by atoms with Crippen molar-refractivity contribution < 1.29 is 5.11 Å². The molecule has 1 aliphatic heterocycles. The monoisotopic (exact) mass is 361 g/mol. The van der Waals surface area contributed by atoms with Crippen LogP contribution in [0.15, 0.2) is 94.9 Å². The van der Waals surface area contributed by atoms with E-state index in [1.807, 2.05) is 72.8 Å². The van der Waals surface area contributed by atoms with Crippen molar-refractivity contribution in [3.05, 3.63) is 101 Å². The van der Waals surface area contributed by atoms with E-state index in [1.165, 1.54) is 0 Å². The molecule has 3 aromatic rings. The molecule has 4 nitrogen and oxygen atoms in total. The van der Waals surface area contributed by atoms with E-state index in [2.05, 4.69) is 15.3 Å². The van der Waals surface area contributed by atoms with Crippen LogP contribution in [0, 0.1) is 0 Å². The summed E-state index contributed by atoms with van der Waals surface area (Å²) in [6.45, 7) is 0. The molecule has 128 valence electrons. The maximum atomic E-state index is 11.4. The fraction of sp³-hybridized carbons (Fsp3) is 0.0476. The first kappa shape index (κ1) is 16.5. The number of aliphatic hydroxyl groups is 1. The van der Waals surface area contributed by atoms with E-state index in [9.17, 15) is 5.11 Å². The van der Waals surface area contributed by atoms with Crippen molar-refractivity contribution in [1.82, 2.24) is 0 Å². The van der Waals surface area contributed by atoms with Crippen LogP contribution in [-0.4, -0.2) is 16.8 Å². The lowest BCUT2D eigenvalue weighted by atomic mass is 10.0. The Hall–Kier alpha value is -2.95. The molecule has 26 heavy (non-hydrogen) atoms. The minimum Gasteiger partial charge on any atom is -0.359 e. The highest BCUT2D eigenvalue weighted by molar-refractivity contribution is 6.30. The first-order valence-electron chi connectivity index (χ1n) is 8.20. The zero-order valence-corrected chi connectivity index (χ0v) is 14.6. The van der Waals surface area contributed by atoms with Gasteiger partial charge in [0.25, 0.3) is 0 Å².